The number of aromatic nitrogens is 2. The maximum absolute atomic E-state index is 12.6. The van der Waals surface area contributed by atoms with E-state index in [1.54, 1.807) is 12.1 Å². The third kappa shape index (κ3) is 2.09. The van der Waals surface area contributed by atoms with Gasteiger partial charge in [0.2, 0.25) is 0 Å². The summed E-state index contributed by atoms with van der Waals surface area (Å²) in [6, 6.07) is 6.10. The molecule has 0 aliphatic carbocycles. The summed E-state index contributed by atoms with van der Waals surface area (Å²) in [4.78, 5) is 3.82. The molecule has 0 aliphatic heterocycles. The zero-order valence-electron chi connectivity index (χ0n) is 7.08. The Morgan fingerprint density at radius 2 is 2.00 bits per heavy atom. The van der Waals surface area contributed by atoms with Crippen molar-refractivity contribution >= 4 is 11.6 Å². The van der Waals surface area contributed by atoms with Gasteiger partial charge >= 0.3 is 5.35 Å². The van der Waals surface area contributed by atoms with Crippen LogP contribution in [0.5, 0.6) is 0 Å². The monoisotopic (exact) mass is 212 g/mol. The zero-order chi connectivity index (χ0) is 9.97. The van der Waals surface area contributed by atoms with Gasteiger partial charge in [0.1, 0.15) is 5.82 Å². The fraction of sp³-hybridized carbons (Fsp3) is 0.111. The number of nitrogens with zero attached hydrogens (tertiary/aromatic N) is 2. The molecule has 72 valence electrons. The smallest absolute Gasteiger partial charge is 0.320 e. The third-order valence-corrected chi connectivity index (χ3v) is 1.87. The van der Waals surface area contributed by atoms with Gasteiger partial charge in [-0.15, -0.1) is 0 Å². The SMILES string of the molecule is Fc1ccc(Cc2noc(Cl)n2)cc1. The molecule has 1 aromatic heterocycles. The van der Waals surface area contributed by atoms with E-state index in [2.05, 4.69) is 14.7 Å². The average Bonchev–Trinajstić information content (AvgIpc) is 2.56. The molecule has 0 fully saturated rings. The standard InChI is InChI=1S/C9H6ClFN2O/c10-9-12-8(13-14-9)5-6-1-3-7(11)4-2-6/h1-4H,5H2. The highest BCUT2D eigenvalue weighted by Gasteiger charge is 2.04. The summed E-state index contributed by atoms with van der Waals surface area (Å²) in [5.41, 5.74) is 0.906. The molecule has 5 heteroatoms. The number of hydrogen-bond donors (Lipinski definition) is 0. The molecule has 0 aliphatic rings. The van der Waals surface area contributed by atoms with Gasteiger partial charge in [0.15, 0.2) is 5.82 Å². The molecule has 14 heavy (non-hydrogen) atoms. The van der Waals surface area contributed by atoms with Gasteiger partial charge < -0.3 is 4.52 Å². The number of halogens is 2. The lowest BCUT2D eigenvalue weighted by molar-refractivity contribution is 0.413. The van der Waals surface area contributed by atoms with Crippen LogP contribution in [0.4, 0.5) is 4.39 Å². The van der Waals surface area contributed by atoms with E-state index in [4.69, 9.17) is 11.6 Å². The second-order valence-corrected chi connectivity index (χ2v) is 3.09. The normalized spacial score (nSPS) is 10.4. The van der Waals surface area contributed by atoms with Gasteiger partial charge in [-0.3, -0.25) is 0 Å². The van der Waals surface area contributed by atoms with Crippen molar-refractivity contribution in [3.63, 3.8) is 0 Å². The Hall–Kier alpha value is -1.42. The lowest BCUT2D eigenvalue weighted by Crippen LogP contribution is -1.90. The van der Waals surface area contributed by atoms with E-state index >= 15 is 0 Å². The van der Waals surface area contributed by atoms with Crippen molar-refractivity contribution in [3.05, 3.63) is 46.8 Å². The van der Waals surface area contributed by atoms with Crippen molar-refractivity contribution < 1.29 is 8.91 Å². The first-order valence-electron chi connectivity index (χ1n) is 3.96. The van der Waals surface area contributed by atoms with Crippen LogP contribution < -0.4 is 0 Å². The molecular weight excluding hydrogens is 207 g/mol. The van der Waals surface area contributed by atoms with E-state index in [0.29, 0.717) is 12.2 Å². The van der Waals surface area contributed by atoms with Gasteiger partial charge in [0, 0.05) is 6.42 Å². The molecule has 0 bridgehead atoms. The lowest BCUT2D eigenvalue weighted by Gasteiger charge is -1.95. The van der Waals surface area contributed by atoms with Crippen LogP contribution >= 0.6 is 11.6 Å². The molecule has 0 atom stereocenters. The minimum Gasteiger partial charge on any atom is -0.321 e. The minimum absolute atomic E-state index is 0.0158. The highest BCUT2D eigenvalue weighted by molar-refractivity contribution is 6.27. The van der Waals surface area contributed by atoms with E-state index in [-0.39, 0.29) is 11.2 Å². The lowest BCUT2D eigenvalue weighted by atomic mass is 10.1. The largest absolute Gasteiger partial charge is 0.321 e. The van der Waals surface area contributed by atoms with Crippen molar-refractivity contribution in [2.75, 3.05) is 0 Å². The van der Waals surface area contributed by atoms with Crippen molar-refractivity contribution in [1.82, 2.24) is 10.1 Å². The summed E-state index contributed by atoms with van der Waals surface area (Å²) in [5, 5.41) is 3.64. The van der Waals surface area contributed by atoms with Gasteiger partial charge in [-0.2, -0.15) is 4.98 Å². The van der Waals surface area contributed by atoms with E-state index in [0.717, 1.165) is 5.56 Å². The van der Waals surface area contributed by atoms with Crippen LogP contribution in [0.2, 0.25) is 5.35 Å². The molecule has 3 nitrogen and oxygen atoms in total. The molecule has 2 rings (SSSR count). The van der Waals surface area contributed by atoms with E-state index in [1.165, 1.54) is 12.1 Å². The minimum atomic E-state index is -0.264. The Bertz CT molecular complexity index is 427. The molecule has 0 N–H and O–H groups in total. The summed E-state index contributed by atoms with van der Waals surface area (Å²) in [7, 11) is 0. The van der Waals surface area contributed by atoms with Gasteiger partial charge in [0.25, 0.3) is 0 Å². The summed E-state index contributed by atoms with van der Waals surface area (Å²) >= 11 is 5.45. The molecule has 1 aromatic carbocycles. The third-order valence-electron chi connectivity index (χ3n) is 1.72. The molecule has 0 spiro atoms. The van der Waals surface area contributed by atoms with E-state index in [9.17, 15) is 4.39 Å². The van der Waals surface area contributed by atoms with Crippen LogP contribution in [0.1, 0.15) is 11.4 Å². The fourth-order valence-electron chi connectivity index (χ4n) is 1.09. The maximum Gasteiger partial charge on any atom is 0.320 e. The van der Waals surface area contributed by atoms with Crippen LogP contribution in [0, 0.1) is 5.82 Å². The Morgan fingerprint density at radius 1 is 1.29 bits per heavy atom. The van der Waals surface area contributed by atoms with E-state index in [1.807, 2.05) is 0 Å². The molecule has 1 heterocycles. The molecule has 0 saturated carbocycles. The summed E-state index contributed by atoms with van der Waals surface area (Å²) < 4.78 is 17.1. The predicted molar refractivity (Wildman–Crippen MR) is 48.5 cm³/mol. The molecule has 0 radical (unpaired) electrons. The molecule has 0 saturated heterocycles. The van der Waals surface area contributed by atoms with Crippen LogP contribution in [0.25, 0.3) is 0 Å². The first-order chi connectivity index (χ1) is 6.74. The van der Waals surface area contributed by atoms with E-state index < -0.39 is 0 Å². The number of rotatable bonds is 2. The maximum atomic E-state index is 12.6. The highest BCUT2D eigenvalue weighted by atomic mass is 35.5. The molecule has 2 aromatic rings. The Morgan fingerprint density at radius 3 is 2.57 bits per heavy atom. The first-order valence-corrected chi connectivity index (χ1v) is 4.34. The van der Waals surface area contributed by atoms with Gasteiger partial charge in [-0.1, -0.05) is 17.3 Å². The predicted octanol–water partition coefficient (Wildman–Crippen LogP) is 2.45. The van der Waals surface area contributed by atoms with Crippen molar-refractivity contribution in [1.29, 1.82) is 0 Å². The topological polar surface area (TPSA) is 38.9 Å². The Kier molecular flexibility index (Phi) is 2.45. The first kappa shape index (κ1) is 9.15. The van der Waals surface area contributed by atoms with Crippen molar-refractivity contribution in [2.24, 2.45) is 0 Å². The number of hydrogen-bond acceptors (Lipinski definition) is 3. The van der Waals surface area contributed by atoms with Gasteiger partial charge in [-0.25, -0.2) is 4.39 Å². The summed E-state index contributed by atoms with van der Waals surface area (Å²) in [6.07, 6.45) is 0.483. The molecular formula is C9H6ClFN2O. The second-order valence-electron chi connectivity index (χ2n) is 2.77. The van der Waals surface area contributed by atoms with Crippen LogP contribution in [0.15, 0.2) is 28.8 Å². The second kappa shape index (κ2) is 3.75. The van der Waals surface area contributed by atoms with Gasteiger partial charge in [0.05, 0.1) is 0 Å². The Balaban J connectivity index is 2.15. The quantitative estimate of drug-likeness (QED) is 0.768. The average molecular weight is 213 g/mol. The van der Waals surface area contributed by atoms with Crippen LogP contribution in [-0.2, 0) is 6.42 Å². The number of benzene rings is 1. The fourth-order valence-corrected chi connectivity index (χ4v) is 1.22. The van der Waals surface area contributed by atoms with Gasteiger partial charge in [-0.05, 0) is 29.3 Å². The summed E-state index contributed by atoms with van der Waals surface area (Å²) in [6.45, 7) is 0. The van der Waals surface area contributed by atoms with Crippen LogP contribution in [0.3, 0.4) is 0 Å². The summed E-state index contributed by atoms with van der Waals surface area (Å²) in [5.74, 6) is 0.224. The van der Waals surface area contributed by atoms with Crippen molar-refractivity contribution in [3.8, 4) is 0 Å². The Labute approximate surface area is 84.5 Å². The van der Waals surface area contributed by atoms with Crippen LogP contribution in [-0.4, -0.2) is 10.1 Å². The van der Waals surface area contributed by atoms with Crippen molar-refractivity contribution in [2.45, 2.75) is 6.42 Å². The molecule has 0 unspecified atom stereocenters. The molecule has 0 amide bonds. The highest BCUT2D eigenvalue weighted by Crippen LogP contribution is 2.10. The zero-order valence-corrected chi connectivity index (χ0v) is 7.83.